The fourth-order valence-electron chi connectivity index (χ4n) is 1.75. The maximum Gasteiger partial charge on any atom is 0.325 e. The van der Waals surface area contributed by atoms with Crippen molar-refractivity contribution in [1.82, 2.24) is 15.1 Å². The van der Waals surface area contributed by atoms with Crippen LogP contribution in [0.1, 0.15) is 25.6 Å². The highest BCUT2D eigenvalue weighted by molar-refractivity contribution is 5.76. The highest BCUT2D eigenvalue weighted by atomic mass is 16.5. The first-order valence-electron chi connectivity index (χ1n) is 5.43. The SMILES string of the molecule is CCNC(C(=O)OC)C(C)n1nccc1C. The van der Waals surface area contributed by atoms with Gasteiger partial charge in [-0.3, -0.25) is 9.48 Å². The third-order valence-corrected chi connectivity index (χ3v) is 2.62. The van der Waals surface area contributed by atoms with Gasteiger partial charge in [-0.05, 0) is 26.5 Å². The molecule has 0 aliphatic rings. The highest BCUT2D eigenvalue weighted by Crippen LogP contribution is 2.13. The minimum absolute atomic E-state index is 0.0672. The Bertz CT molecular complexity index is 349. The minimum atomic E-state index is -0.367. The van der Waals surface area contributed by atoms with Crippen molar-refractivity contribution < 1.29 is 9.53 Å². The van der Waals surface area contributed by atoms with Crippen LogP contribution < -0.4 is 5.32 Å². The van der Waals surface area contributed by atoms with Gasteiger partial charge in [0.05, 0.1) is 13.2 Å². The Kier molecular flexibility index (Phi) is 4.49. The van der Waals surface area contributed by atoms with Crippen molar-refractivity contribution in [3.63, 3.8) is 0 Å². The number of likely N-dealkylation sites (N-methyl/N-ethyl adjacent to an activating group) is 1. The normalized spacial score (nSPS) is 14.5. The van der Waals surface area contributed by atoms with Gasteiger partial charge in [0, 0.05) is 11.9 Å². The molecule has 16 heavy (non-hydrogen) atoms. The minimum Gasteiger partial charge on any atom is -0.468 e. The number of aryl methyl sites for hydroxylation is 1. The lowest BCUT2D eigenvalue weighted by atomic mass is 10.1. The second kappa shape index (κ2) is 5.65. The molecule has 5 nitrogen and oxygen atoms in total. The van der Waals surface area contributed by atoms with Gasteiger partial charge in [-0.1, -0.05) is 6.92 Å². The fourth-order valence-corrected chi connectivity index (χ4v) is 1.75. The first-order valence-corrected chi connectivity index (χ1v) is 5.43. The molecule has 1 heterocycles. The number of carbonyl (C=O) groups excluding carboxylic acids is 1. The zero-order chi connectivity index (χ0) is 12.1. The van der Waals surface area contributed by atoms with Crippen LogP contribution in [0.25, 0.3) is 0 Å². The van der Waals surface area contributed by atoms with Crippen LogP contribution in [0.4, 0.5) is 0 Å². The second-order valence-corrected chi connectivity index (χ2v) is 3.72. The van der Waals surface area contributed by atoms with Gasteiger partial charge in [0.25, 0.3) is 0 Å². The topological polar surface area (TPSA) is 56.1 Å². The molecule has 1 aromatic heterocycles. The summed E-state index contributed by atoms with van der Waals surface area (Å²) < 4.78 is 6.61. The number of nitrogens with one attached hydrogen (secondary N) is 1. The standard InChI is InChI=1S/C11H19N3O2/c1-5-12-10(11(15)16-4)9(3)14-8(2)6-7-13-14/h6-7,9-10,12H,5H2,1-4H3. The van der Waals surface area contributed by atoms with E-state index in [4.69, 9.17) is 4.74 Å². The van der Waals surface area contributed by atoms with E-state index in [1.54, 1.807) is 6.20 Å². The number of aromatic nitrogens is 2. The first-order chi connectivity index (χ1) is 7.61. The van der Waals surface area contributed by atoms with Gasteiger partial charge < -0.3 is 10.1 Å². The summed E-state index contributed by atoms with van der Waals surface area (Å²) in [6.07, 6.45) is 1.73. The number of rotatable bonds is 5. The second-order valence-electron chi connectivity index (χ2n) is 3.72. The highest BCUT2D eigenvalue weighted by Gasteiger charge is 2.27. The van der Waals surface area contributed by atoms with E-state index in [0.717, 1.165) is 5.69 Å². The summed E-state index contributed by atoms with van der Waals surface area (Å²) in [5.74, 6) is -0.260. The fraction of sp³-hybridized carbons (Fsp3) is 0.636. The number of carbonyl (C=O) groups is 1. The Morgan fingerprint density at radius 1 is 1.69 bits per heavy atom. The number of ether oxygens (including phenoxy) is 1. The third-order valence-electron chi connectivity index (χ3n) is 2.62. The monoisotopic (exact) mass is 225 g/mol. The van der Waals surface area contributed by atoms with Crippen LogP contribution in [0.5, 0.6) is 0 Å². The lowest BCUT2D eigenvalue weighted by molar-refractivity contribution is -0.144. The molecule has 5 heteroatoms. The van der Waals surface area contributed by atoms with Crippen LogP contribution in [0, 0.1) is 6.92 Å². The molecule has 0 radical (unpaired) electrons. The van der Waals surface area contributed by atoms with Gasteiger partial charge in [-0.2, -0.15) is 5.10 Å². The average molecular weight is 225 g/mol. The molecule has 0 fully saturated rings. The van der Waals surface area contributed by atoms with Crippen LogP contribution in [-0.4, -0.2) is 35.4 Å². The molecule has 1 N–H and O–H groups in total. The summed E-state index contributed by atoms with van der Waals surface area (Å²) in [4.78, 5) is 11.6. The van der Waals surface area contributed by atoms with E-state index < -0.39 is 0 Å². The molecule has 1 rings (SSSR count). The number of hydrogen-bond acceptors (Lipinski definition) is 4. The molecule has 0 aromatic carbocycles. The molecule has 0 bridgehead atoms. The van der Waals surface area contributed by atoms with Crippen LogP contribution >= 0.6 is 0 Å². The predicted molar refractivity (Wildman–Crippen MR) is 61.2 cm³/mol. The largest absolute Gasteiger partial charge is 0.468 e. The van der Waals surface area contributed by atoms with E-state index in [-0.39, 0.29) is 18.1 Å². The van der Waals surface area contributed by atoms with Crippen LogP contribution in [0.3, 0.4) is 0 Å². The number of esters is 1. The molecular formula is C11H19N3O2. The zero-order valence-electron chi connectivity index (χ0n) is 10.2. The molecule has 0 saturated heterocycles. The summed E-state index contributed by atoms with van der Waals surface area (Å²) in [6, 6.07) is 1.48. The predicted octanol–water partition coefficient (Wildman–Crippen LogP) is 0.904. The lowest BCUT2D eigenvalue weighted by Gasteiger charge is -2.23. The van der Waals surface area contributed by atoms with Crippen LogP contribution in [0.2, 0.25) is 0 Å². The molecule has 90 valence electrons. The summed E-state index contributed by atoms with van der Waals surface area (Å²) >= 11 is 0. The van der Waals surface area contributed by atoms with Gasteiger partial charge >= 0.3 is 5.97 Å². The summed E-state index contributed by atoms with van der Waals surface area (Å²) in [7, 11) is 1.40. The Hall–Kier alpha value is -1.36. The van der Waals surface area contributed by atoms with Crippen molar-refractivity contribution in [2.45, 2.75) is 32.9 Å². The summed E-state index contributed by atoms with van der Waals surface area (Å²) in [5.41, 5.74) is 1.03. The molecule has 2 atom stereocenters. The van der Waals surface area contributed by atoms with Crippen molar-refractivity contribution >= 4 is 5.97 Å². The van der Waals surface area contributed by atoms with E-state index >= 15 is 0 Å². The number of hydrogen-bond donors (Lipinski definition) is 1. The van der Waals surface area contributed by atoms with Gasteiger partial charge in [0.2, 0.25) is 0 Å². The maximum absolute atomic E-state index is 11.6. The Labute approximate surface area is 95.8 Å². The molecule has 0 amide bonds. The zero-order valence-corrected chi connectivity index (χ0v) is 10.2. The molecule has 0 aliphatic heterocycles. The van der Waals surface area contributed by atoms with Crippen molar-refractivity contribution in [3.05, 3.63) is 18.0 Å². The smallest absolute Gasteiger partial charge is 0.325 e. The van der Waals surface area contributed by atoms with Crippen molar-refractivity contribution in [2.24, 2.45) is 0 Å². The van der Waals surface area contributed by atoms with E-state index in [2.05, 4.69) is 10.4 Å². The Balaban J connectivity index is 2.86. The maximum atomic E-state index is 11.6. The van der Waals surface area contributed by atoms with Crippen molar-refractivity contribution in [3.8, 4) is 0 Å². The Morgan fingerprint density at radius 2 is 2.38 bits per heavy atom. The van der Waals surface area contributed by atoms with Gasteiger partial charge in [0.15, 0.2) is 0 Å². The van der Waals surface area contributed by atoms with E-state index in [9.17, 15) is 4.79 Å². The van der Waals surface area contributed by atoms with Gasteiger partial charge in [-0.25, -0.2) is 0 Å². The summed E-state index contributed by atoms with van der Waals surface area (Å²) in [6.45, 7) is 6.58. The van der Waals surface area contributed by atoms with Crippen LogP contribution in [0.15, 0.2) is 12.3 Å². The Morgan fingerprint density at radius 3 is 2.81 bits per heavy atom. The quantitative estimate of drug-likeness (QED) is 0.757. The summed E-state index contributed by atoms with van der Waals surface area (Å²) in [5, 5.41) is 7.32. The average Bonchev–Trinajstić information content (AvgIpc) is 2.70. The van der Waals surface area contributed by atoms with Crippen molar-refractivity contribution in [2.75, 3.05) is 13.7 Å². The van der Waals surface area contributed by atoms with Gasteiger partial charge in [0.1, 0.15) is 6.04 Å². The first kappa shape index (κ1) is 12.7. The molecule has 2 unspecified atom stereocenters. The number of methoxy groups -OCH3 is 1. The molecular weight excluding hydrogens is 206 g/mol. The van der Waals surface area contributed by atoms with Crippen LogP contribution in [-0.2, 0) is 9.53 Å². The van der Waals surface area contributed by atoms with Gasteiger partial charge in [-0.15, -0.1) is 0 Å². The van der Waals surface area contributed by atoms with E-state index in [1.165, 1.54) is 7.11 Å². The molecule has 0 spiro atoms. The third kappa shape index (κ3) is 2.61. The molecule has 1 aromatic rings. The lowest BCUT2D eigenvalue weighted by Crippen LogP contribution is -2.43. The van der Waals surface area contributed by atoms with E-state index in [0.29, 0.717) is 6.54 Å². The molecule has 0 aliphatic carbocycles. The number of nitrogens with zero attached hydrogens (tertiary/aromatic N) is 2. The van der Waals surface area contributed by atoms with Crippen molar-refractivity contribution in [1.29, 1.82) is 0 Å². The van der Waals surface area contributed by atoms with E-state index in [1.807, 2.05) is 31.5 Å². The molecule has 0 saturated carbocycles.